The molecular weight excluding hydrogens is 352 g/mol. The predicted molar refractivity (Wildman–Crippen MR) is 111 cm³/mol. The Bertz CT molecular complexity index is 1070. The number of benzene rings is 1. The van der Waals surface area contributed by atoms with Gasteiger partial charge in [0.2, 0.25) is 0 Å². The van der Waals surface area contributed by atoms with Crippen molar-refractivity contribution in [2.75, 3.05) is 25.7 Å². The molecular formula is C22H28N4O2. The number of rotatable bonds is 3. The summed E-state index contributed by atoms with van der Waals surface area (Å²) in [6.45, 7) is 8.28. The Labute approximate surface area is 165 Å². The van der Waals surface area contributed by atoms with Crippen molar-refractivity contribution < 1.29 is 9.47 Å². The minimum atomic E-state index is 0.349. The van der Waals surface area contributed by atoms with Crippen LogP contribution in [0.25, 0.3) is 21.9 Å². The van der Waals surface area contributed by atoms with Crippen molar-refractivity contribution in [2.45, 2.75) is 46.1 Å². The fraction of sp³-hybridized carbons (Fsp3) is 0.545. The molecule has 1 aromatic carbocycles. The van der Waals surface area contributed by atoms with Crippen LogP contribution in [0.3, 0.4) is 0 Å². The summed E-state index contributed by atoms with van der Waals surface area (Å²) in [5.74, 6) is 2.44. The predicted octanol–water partition coefficient (Wildman–Crippen LogP) is 4.53. The van der Waals surface area contributed by atoms with Gasteiger partial charge in [0.1, 0.15) is 17.4 Å². The van der Waals surface area contributed by atoms with Crippen molar-refractivity contribution in [1.82, 2.24) is 15.0 Å². The molecule has 6 heteroatoms. The van der Waals surface area contributed by atoms with Gasteiger partial charge in [0.05, 0.1) is 19.7 Å². The van der Waals surface area contributed by atoms with Crippen LogP contribution in [0.1, 0.15) is 40.0 Å². The zero-order valence-corrected chi connectivity index (χ0v) is 17.3. The summed E-state index contributed by atoms with van der Waals surface area (Å²) >= 11 is 0. The maximum absolute atomic E-state index is 5.49. The third kappa shape index (κ3) is 2.54. The molecule has 3 aromatic rings. The maximum atomic E-state index is 5.49. The van der Waals surface area contributed by atoms with Gasteiger partial charge in [-0.15, -0.1) is 0 Å². The summed E-state index contributed by atoms with van der Waals surface area (Å²) < 4.78 is 11.0. The Kier molecular flexibility index (Phi) is 3.61. The van der Waals surface area contributed by atoms with Crippen LogP contribution in [0, 0.1) is 10.8 Å². The molecule has 2 atom stereocenters. The van der Waals surface area contributed by atoms with Crippen LogP contribution in [0.15, 0.2) is 18.5 Å². The summed E-state index contributed by atoms with van der Waals surface area (Å²) in [5.41, 5.74) is 3.65. The first kappa shape index (κ1) is 17.6. The number of hydrogen-bond donors (Lipinski definition) is 1. The number of anilines is 1. The Hall–Kier alpha value is -2.50. The number of hydrogen-bond acceptors (Lipinski definition) is 5. The largest absolute Gasteiger partial charge is 0.493 e. The van der Waals surface area contributed by atoms with E-state index in [9.17, 15) is 0 Å². The molecule has 2 aromatic heterocycles. The third-order valence-electron chi connectivity index (χ3n) is 6.55. The van der Waals surface area contributed by atoms with Crippen LogP contribution < -0.4 is 14.4 Å². The SMILES string of the molecule is COc1cc2[nH]c3c(N4CC5(C)CC4CC(C)(C)C5)ncnc3c2cc1OC. The lowest BCUT2D eigenvalue weighted by Gasteiger charge is -2.39. The molecule has 148 valence electrons. The Balaban J connectivity index is 1.67. The lowest BCUT2D eigenvalue weighted by molar-refractivity contribution is 0.136. The first-order chi connectivity index (χ1) is 13.3. The molecule has 6 nitrogen and oxygen atoms in total. The Morgan fingerprint density at radius 3 is 2.57 bits per heavy atom. The van der Waals surface area contributed by atoms with Crippen molar-refractivity contribution in [2.24, 2.45) is 10.8 Å². The lowest BCUT2D eigenvalue weighted by atomic mass is 9.65. The summed E-state index contributed by atoms with van der Waals surface area (Å²) in [6, 6.07) is 4.51. The highest BCUT2D eigenvalue weighted by molar-refractivity contribution is 6.09. The van der Waals surface area contributed by atoms with E-state index in [1.54, 1.807) is 20.5 Å². The normalized spacial score (nSPS) is 26.2. The second-order valence-corrected chi connectivity index (χ2v) is 9.64. The van der Waals surface area contributed by atoms with E-state index in [2.05, 4.69) is 35.6 Å². The molecule has 28 heavy (non-hydrogen) atoms. The van der Waals surface area contributed by atoms with Crippen LogP contribution >= 0.6 is 0 Å². The molecule has 0 amide bonds. The average molecular weight is 380 g/mol. The highest BCUT2D eigenvalue weighted by Crippen LogP contribution is 2.53. The molecule has 5 rings (SSSR count). The van der Waals surface area contributed by atoms with E-state index < -0.39 is 0 Å². The molecule has 1 N–H and O–H groups in total. The Morgan fingerprint density at radius 2 is 1.82 bits per heavy atom. The molecule has 1 aliphatic carbocycles. The average Bonchev–Trinajstić information content (AvgIpc) is 3.12. The van der Waals surface area contributed by atoms with Gasteiger partial charge in [-0.25, -0.2) is 9.97 Å². The topological polar surface area (TPSA) is 63.3 Å². The van der Waals surface area contributed by atoms with Crippen LogP contribution in [-0.4, -0.2) is 41.8 Å². The fourth-order valence-corrected chi connectivity index (χ4v) is 5.93. The molecule has 2 fully saturated rings. The monoisotopic (exact) mass is 380 g/mol. The third-order valence-corrected chi connectivity index (χ3v) is 6.55. The van der Waals surface area contributed by atoms with E-state index in [1.807, 2.05) is 12.1 Å². The lowest BCUT2D eigenvalue weighted by Crippen LogP contribution is -2.35. The standard InChI is InChI=1S/C22H28N4O2/c1-21(2)8-13-9-22(3,10-21)11-26(13)20-19-18(23-12-24-20)14-6-16(27-4)17(28-5)7-15(14)25-19/h6-7,12-13,25H,8-11H2,1-5H3. The number of nitrogens with zero attached hydrogens (tertiary/aromatic N) is 3. The van der Waals surface area contributed by atoms with Gasteiger partial charge < -0.3 is 19.4 Å². The van der Waals surface area contributed by atoms with Gasteiger partial charge in [0, 0.05) is 24.0 Å². The molecule has 2 bridgehead atoms. The molecule has 1 saturated carbocycles. The number of aromatic nitrogens is 3. The van der Waals surface area contributed by atoms with Crippen molar-refractivity contribution in [1.29, 1.82) is 0 Å². The summed E-state index contributed by atoms with van der Waals surface area (Å²) in [7, 11) is 3.32. The van der Waals surface area contributed by atoms with Crippen molar-refractivity contribution >= 4 is 27.8 Å². The highest BCUT2D eigenvalue weighted by atomic mass is 16.5. The van der Waals surface area contributed by atoms with Crippen molar-refractivity contribution in [3.05, 3.63) is 18.5 Å². The molecule has 3 heterocycles. The minimum absolute atomic E-state index is 0.349. The van der Waals surface area contributed by atoms with Crippen LogP contribution in [-0.2, 0) is 0 Å². The van der Waals surface area contributed by atoms with Gasteiger partial charge in [-0.3, -0.25) is 0 Å². The van der Waals surface area contributed by atoms with Crippen LogP contribution in [0.5, 0.6) is 11.5 Å². The number of fused-ring (bicyclic) bond motifs is 5. The molecule has 2 unspecified atom stereocenters. The molecule has 1 aliphatic heterocycles. The van der Waals surface area contributed by atoms with Crippen LogP contribution in [0.4, 0.5) is 5.82 Å². The van der Waals surface area contributed by atoms with Gasteiger partial charge in [-0.2, -0.15) is 0 Å². The number of H-pyrrole nitrogens is 1. The smallest absolute Gasteiger partial charge is 0.162 e. The summed E-state index contributed by atoms with van der Waals surface area (Å²) in [6.07, 6.45) is 5.40. The first-order valence-corrected chi connectivity index (χ1v) is 9.98. The number of methoxy groups -OCH3 is 2. The molecule has 2 aliphatic rings. The summed E-state index contributed by atoms with van der Waals surface area (Å²) in [5, 5.41) is 1.03. The van der Waals surface area contributed by atoms with Gasteiger partial charge >= 0.3 is 0 Å². The van der Waals surface area contributed by atoms with E-state index in [0.717, 1.165) is 34.3 Å². The van der Waals surface area contributed by atoms with E-state index in [1.165, 1.54) is 19.3 Å². The number of aromatic amines is 1. The second kappa shape index (κ2) is 5.75. The molecule has 0 spiro atoms. The van der Waals surface area contributed by atoms with E-state index in [4.69, 9.17) is 14.5 Å². The van der Waals surface area contributed by atoms with Gasteiger partial charge in [0.25, 0.3) is 0 Å². The van der Waals surface area contributed by atoms with E-state index >= 15 is 0 Å². The zero-order valence-electron chi connectivity index (χ0n) is 17.3. The second-order valence-electron chi connectivity index (χ2n) is 9.64. The van der Waals surface area contributed by atoms with Gasteiger partial charge in [0.15, 0.2) is 17.3 Å². The van der Waals surface area contributed by atoms with E-state index in [0.29, 0.717) is 28.4 Å². The quantitative estimate of drug-likeness (QED) is 0.723. The summed E-state index contributed by atoms with van der Waals surface area (Å²) in [4.78, 5) is 15.4. The van der Waals surface area contributed by atoms with Crippen LogP contribution in [0.2, 0.25) is 0 Å². The number of ether oxygens (including phenoxy) is 2. The Morgan fingerprint density at radius 1 is 1.07 bits per heavy atom. The van der Waals surface area contributed by atoms with Gasteiger partial charge in [-0.05, 0) is 36.2 Å². The van der Waals surface area contributed by atoms with E-state index in [-0.39, 0.29) is 0 Å². The maximum Gasteiger partial charge on any atom is 0.162 e. The highest BCUT2D eigenvalue weighted by Gasteiger charge is 2.50. The van der Waals surface area contributed by atoms with Crippen molar-refractivity contribution in [3.63, 3.8) is 0 Å². The zero-order chi connectivity index (χ0) is 19.7. The molecule has 1 saturated heterocycles. The first-order valence-electron chi connectivity index (χ1n) is 9.98. The van der Waals surface area contributed by atoms with Crippen molar-refractivity contribution in [3.8, 4) is 11.5 Å². The minimum Gasteiger partial charge on any atom is -0.493 e. The molecule has 0 radical (unpaired) electrons. The fourth-order valence-electron chi connectivity index (χ4n) is 5.93. The number of nitrogens with one attached hydrogen (secondary N) is 1. The van der Waals surface area contributed by atoms with Gasteiger partial charge in [-0.1, -0.05) is 20.8 Å².